The Labute approximate surface area is 163 Å². The van der Waals surface area contributed by atoms with E-state index in [1.807, 2.05) is 0 Å². The molecule has 0 atom stereocenters. The summed E-state index contributed by atoms with van der Waals surface area (Å²) in [6, 6.07) is 6.86. The van der Waals surface area contributed by atoms with Gasteiger partial charge in [0, 0.05) is 51.3 Å². The molecule has 2 aromatic rings. The number of aromatic nitrogens is 1. The number of pyridine rings is 1. The first-order valence-electron chi connectivity index (χ1n) is 9.53. The number of ether oxygens (including phenoxy) is 2. The highest BCUT2D eigenvalue weighted by molar-refractivity contribution is 5.94. The molecule has 0 bridgehead atoms. The molecule has 0 saturated carbocycles. The third-order valence-electron chi connectivity index (χ3n) is 5.03. The second-order valence-electron chi connectivity index (χ2n) is 6.88. The molecule has 2 fully saturated rings. The number of nitrogens with zero attached hydrogens (tertiary/aromatic N) is 3. The lowest BCUT2D eigenvalue weighted by Crippen LogP contribution is -2.41. The number of rotatable bonds is 4. The third-order valence-corrected chi connectivity index (χ3v) is 5.03. The quantitative estimate of drug-likeness (QED) is 0.798. The minimum Gasteiger partial charge on any atom is -0.474 e. The van der Waals surface area contributed by atoms with E-state index in [4.69, 9.17) is 13.9 Å². The van der Waals surface area contributed by atoms with Crippen LogP contribution in [0.1, 0.15) is 33.8 Å². The lowest BCUT2D eigenvalue weighted by Gasteiger charge is -2.31. The van der Waals surface area contributed by atoms with E-state index in [2.05, 4.69) is 4.98 Å². The van der Waals surface area contributed by atoms with Gasteiger partial charge in [0.2, 0.25) is 5.88 Å². The van der Waals surface area contributed by atoms with Gasteiger partial charge < -0.3 is 23.7 Å². The Bertz CT molecular complexity index is 792. The zero-order valence-electron chi connectivity index (χ0n) is 15.6. The molecule has 148 valence electrons. The predicted octanol–water partition coefficient (Wildman–Crippen LogP) is 1.83. The van der Waals surface area contributed by atoms with Crippen molar-refractivity contribution in [1.82, 2.24) is 14.8 Å². The fourth-order valence-electron chi connectivity index (χ4n) is 3.43. The summed E-state index contributed by atoms with van der Waals surface area (Å²) in [4.78, 5) is 32.6. The second kappa shape index (κ2) is 8.43. The van der Waals surface area contributed by atoms with Crippen molar-refractivity contribution >= 4 is 11.8 Å². The van der Waals surface area contributed by atoms with Crippen molar-refractivity contribution in [3.8, 4) is 5.88 Å². The van der Waals surface area contributed by atoms with Gasteiger partial charge in [-0.25, -0.2) is 4.98 Å². The largest absolute Gasteiger partial charge is 0.474 e. The Balaban J connectivity index is 1.28. The molecule has 0 N–H and O–H groups in total. The summed E-state index contributed by atoms with van der Waals surface area (Å²) in [5.41, 5.74) is 0.549. The molecule has 0 aliphatic carbocycles. The van der Waals surface area contributed by atoms with Gasteiger partial charge in [-0.15, -0.1) is 0 Å². The zero-order valence-corrected chi connectivity index (χ0v) is 15.6. The van der Waals surface area contributed by atoms with Gasteiger partial charge in [0.05, 0.1) is 25.0 Å². The maximum absolute atomic E-state index is 12.4. The highest BCUT2D eigenvalue weighted by Gasteiger charge is 2.26. The van der Waals surface area contributed by atoms with Crippen LogP contribution >= 0.6 is 0 Å². The second-order valence-corrected chi connectivity index (χ2v) is 6.88. The van der Waals surface area contributed by atoms with Gasteiger partial charge in [-0.3, -0.25) is 9.59 Å². The number of morpholine rings is 1. The van der Waals surface area contributed by atoms with Crippen molar-refractivity contribution in [3.05, 3.63) is 48.0 Å². The summed E-state index contributed by atoms with van der Waals surface area (Å²) < 4.78 is 16.4. The first-order chi connectivity index (χ1) is 13.7. The van der Waals surface area contributed by atoms with Crippen LogP contribution in [0.4, 0.5) is 0 Å². The van der Waals surface area contributed by atoms with E-state index >= 15 is 0 Å². The highest BCUT2D eigenvalue weighted by atomic mass is 16.5. The van der Waals surface area contributed by atoms with Crippen LogP contribution in [0.5, 0.6) is 5.88 Å². The number of likely N-dealkylation sites (tertiary alicyclic amines) is 1. The monoisotopic (exact) mass is 385 g/mol. The molecule has 2 aromatic heterocycles. The number of carbonyl (C=O) groups is 2. The molecule has 0 spiro atoms. The minimum atomic E-state index is -0.0902. The molecule has 4 rings (SSSR count). The van der Waals surface area contributed by atoms with E-state index in [0.717, 1.165) is 12.8 Å². The maximum Gasteiger partial charge on any atom is 0.289 e. The summed E-state index contributed by atoms with van der Waals surface area (Å²) in [5, 5.41) is 0. The van der Waals surface area contributed by atoms with Gasteiger partial charge in [-0.2, -0.15) is 0 Å². The average Bonchev–Trinajstić information content (AvgIpc) is 3.29. The van der Waals surface area contributed by atoms with Crippen molar-refractivity contribution in [2.75, 3.05) is 39.4 Å². The number of furan rings is 1. The van der Waals surface area contributed by atoms with Crippen LogP contribution in [0.25, 0.3) is 0 Å². The van der Waals surface area contributed by atoms with Crippen molar-refractivity contribution in [2.24, 2.45) is 0 Å². The third kappa shape index (κ3) is 4.17. The first-order valence-corrected chi connectivity index (χ1v) is 9.53. The molecule has 2 aliphatic rings. The number of piperidine rings is 1. The number of hydrogen-bond donors (Lipinski definition) is 0. The first kappa shape index (κ1) is 18.5. The van der Waals surface area contributed by atoms with Crippen LogP contribution in [0.3, 0.4) is 0 Å². The lowest BCUT2D eigenvalue weighted by molar-refractivity contribution is 0.0302. The van der Waals surface area contributed by atoms with Gasteiger partial charge in [0.1, 0.15) is 6.10 Å². The molecule has 2 saturated heterocycles. The van der Waals surface area contributed by atoms with Gasteiger partial charge in [-0.1, -0.05) is 0 Å². The Morgan fingerprint density at radius 1 is 1.00 bits per heavy atom. The topological polar surface area (TPSA) is 85.1 Å². The molecule has 0 aromatic carbocycles. The molecule has 8 heteroatoms. The SMILES string of the molecule is O=C(c1ccc(OC2CCN(C(=O)c3ccco3)CC2)nc1)N1CCOCC1. The summed E-state index contributed by atoms with van der Waals surface area (Å²) >= 11 is 0. The van der Waals surface area contributed by atoms with Gasteiger partial charge >= 0.3 is 0 Å². The van der Waals surface area contributed by atoms with Crippen molar-refractivity contribution < 1.29 is 23.5 Å². The molecule has 0 radical (unpaired) electrons. The van der Waals surface area contributed by atoms with E-state index < -0.39 is 0 Å². The van der Waals surface area contributed by atoms with Crippen LogP contribution in [-0.4, -0.2) is 72.1 Å². The summed E-state index contributed by atoms with van der Waals surface area (Å²) in [6.45, 7) is 3.57. The Morgan fingerprint density at radius 3 is 2.39 bits per heavy atom. The van der Waals surface area contributed by atoms with Crippen molar-refractivity contribution in [2.45, 2.75) is 18.9 Å². The molecule has 2 aliphatic heterocycles. The molecule has 2 amide bonds. The normalized spacial score (nSPS) is 18.1. The molecule has 4 heterocycles. The summed E-state index contributed by atoms with van der Waals surface area (Å²) in [5.74, 6) is 0.732. The molecular weight excluding hydrogens is 362 g/mol. The van der Waals surface area contributed by atoms with E-state index in [-0.39, 0.29) is 17.9 Å². The Morgan fingerprint density at radius 2 is 1.75 bits per heavy atom. The Hall–Kier alpha value is -2.87. The van der Waals surface area contributed by atoms with E-state index in [1.165, 1.54) is 6.26 Å². The van der Waals surface area contributed by atoms with Crippen molar-refractivity contribution in [1.29, 1.82) is 0 Å². The highest BCUT2D eigenvalue weighted by Crippen LogP contribution is 2.19. The van der Waals surface area contributed by atoms with Crippen LogP contribution in [-0.2, 0) is 4.74 Å². The van der Waals surface area contributed by atoms with E-state index in [1.54, 1.807) is 40.3 Å². The molecule has 8 nitrogen and oxygen atoms in total. The summed E-state index contributed by atoms with van der Waals surface area (Å²) in [6.07, 6.45) is 4.50. The average molecular weight is 385 g/mol. The zero-order chi connectivity index (χ0) is 19.3. The van der Waals surface area contributed by atoms with Gasteiger partial charge in [0.25, 0.3) is 11.8 Å². The fraction of sp³-hybridized carbons (Fsp3) is 0.450. The lowest BCUT2D eigenvalue weighted by atomic mass is 10.1. The molecular formula is C20H23N3O5. The maximum atomic E-state index is 12.4. The smallest absolute Gasteiger partial charge is 0.289 e. The van der Waals surface area contributed by atoms with Crippen molar-refractivity contribution in [3.63, 3.8) is 0 Å². The molecule has 28 heavy (non-hydrogen) atoms. The van der Waals surface area contributed by atoms with Crippen LogP contribution in [0.15, 0.2) is 41.1 Å². The van der Waals surface area contributed by atoms with E-state index in [9.17, 15) is 9.59 Å². The standard InChI is InChI=1S/C20H23N3O5/c24-19(23-9-12-26-13-10-23)15-3-4-18(21-14-15)28-16-5-7-22(8-6-16)20(25)17-2-1-11-27-17/h1-4,11,14,16H,5-10,12-13H2. The Kier molecular flexibility index (Phi) is 5.57. The van der Waals surface area contributed by atoms with Crippen LogP contribution in [0.2, 0.25) is 0 Å². The van der Waals surface area contributed by atoms with Crippen LogP contribution < -0.4 is 4.74 Å². The minimum absolute atomic E-state index is 0.00561. The molecule has 0 unspecified atom stereocenters. The van der Waals surface area contributed by atoms with E-state index in [0.29, 0.717) is 56.6 Å². The van der Waals surface area contributed by atoms with Gasteiger partial charge in [-0.05, 0) is 18.2 Å². The fourth-order valence-corrected chi connectivity index (χ4v) is 3.43. The predicted molar refractivity (Wildman–Crippen MR) is 99.2 cm³/mol. The number of amides is 2. The number of hydrogen-bond acceptors (Lipinski definition) is 6. The van der Waals surface area contributed by atoms with Crippen LogP contribution in [0, 0.1) is 0 Å². The summed E-state index contributed by atoms with van der Waals surface area (Å²) in [7, 11) is 0. The number of carbonyl (C=O) groups excluding carboxylic acids is 2. The van der Waals surface area contributed by atoms with Gasteiger partial charge in [0.15, 0.2) is 5.76 Å².